The molecule has 0 aromatic carbocycles. The molecule has 4 bridgehead atoms. The largest absolute Gasteiger partial charge is 0.465 e. The number of rotatable bonds is 29. The summed E-state index contributed by atoms with van der Waals surface area (Å²) in [5.41, 5.74) is -7.64. The highest BCUT2D eigenvalue weighted by atomic mass is 16.6. The number of carbonyl (C=O) groups excluding carboxylic acids is 10. The molecule has 0 radical (unpaired) electrons. The predicted molar refractivity (Wildman–Crippen MR) is 401 cm³/mol. The lowest BCUT2D eigenvalue weighted by Gasteiger charge is -2.60. The standard InChI is InChI=1S/C21H34O4.C16H30O4.2C15H28O4.C13H24O4.C2H6/c1-7-19(5,6)16(22)25-21-11-14-8-15(12-21)10-20(9-14,13-21)17(23)24-18(2,3)4;1-10-14(4,5)12(17)19-16(8,9)13(18)20-15(6,7)11(2)3;1-9-14(5,6)12(17)18-10-11(16)19-15(7,8)13(2,3)4;1-7-14(3,4)13(17)18-11-9-10-12(16)19-15(5,6)8-2;1-7-12(3,4)11(15)16-9-10(14)17-13(5,6)8-2;1-2/h14-15H,7-13H2,1-6H3;11H,10H2,1-9H3;9-10H2,1-8H3;7-11H2,1-6H3;7-9H2,1-6H3;1-2H3. The van der Waals surface area contributed by atoms with Crippen molar-refractivity contribution in [2.24, 2.45) is 55.7 Å². The van der Waals surface area contributed by atoms with Crippen LogP contribution in [0.15, 0.2) is 0 Å². The summed E-state index contributed by atoms with van der Waals surface area (Å²) in [6.45, 7) is 69.2. The second-order valence-corrected chi connectivity index (χ2v) is 36.4. The molecule has 2 unspecified atom stereocenters. The van der Waals surface area contributed by atoms with E-state index in [1.807, 2.05) is 201 Å². The van der Waals surface area contributed by atoms with Crippen LogP contribution in [-0.4, -0.2) is 119 Å². The van der Waals surface area contributed by atoms with Crippen molar-refractivity contribution in [2.45, 2.75) is 392 Å². The lowest BCUT2D eigenvalue weighted by atomic mass is 9.48. The van der Waals surface area contributed by atoms with Crippen LogP contribution in [0.2, 0.25) is 0 Å². The van der Waals surface area contributed by atoms with Gasteiger partial charge in [-0.15, -0.1) is 0 Å². The van der Waals surface area contributed by atoms with Crippen molar-refractivity contribution in [3.8, 4) is 0 Å². The van der Waals surface area contributed by atoms with Crippen LogP contribution in [0.5, 0.6) is 0 Å². The first-order chi connectivity index (χ1) is 45.8. The predicted octanol–water partition coefficient (Wildman–Crippen LogP) is 18.9. The van der Waals surface area contributed by atoms with E-state index in [4.69, 9.17) is 47.4 Å². The molecule has 2 atom stereocenters. The fourth-order valence-corrected chi connectivity index (χ4v) is 9.40. The third kappa shape index (κ3) is 34.7. The van der Waals surface area contributed by atoms with E-state index in [9.17, 15) is 47.9 Å². The van der Waals surface area contributed by atoms with E-state index in [0.29, 0.717) is 50.4 Å². The molecule has 0 saturated heterocycles. The highest BCUT2D eigenvalue weighted by Gasteiger charge is 2.64. The zero-order valence-electron chi connectivity index (χ0n) is 71.6. The number of carbonyl (C=O) groups is 10. The smallest absolute Gasteiger partial charge is 0.350 e. The summed E-state index contributed by atoms with van der Waals surface area (Å²) in [5, 5.41) is 0. The average molecular weight is 1460 g/mol. The fourth-order valence-electron chi connectivity index (χ4n) is 9.40. The molecule has 0 spiro atoms. The van der Waals surface area contributed by atoms with E-state index >= 15 is 0 Å². The van der Waals surface area contributed by atoms with E-state index in [1.165, 1.54) is 6.42 Å². The van der Waals surface area contributed by atoms with Crippen LogP contribution in [-0.2, 0) is 95.3 Å². The SMILES string of the molecule is CC.CCC(C)(C)C(=O)OC(C)(C)C(=O)OC(C)(C)C(C)C.CCC(C)(C)C(=O)OC12CC3CC(C1)CC(C(=O)OC(C)(C)C)(C3)C2.CCC(C)(C)C(=O)OCC(=O)OC(C)(C)C(C)(C)C.CCC(C)(C)OC(=O)CCCOC(=O)C(C)(C)CC.CCC(C)(C)OC(=O)COC(=O)C(C)(C)CC. The maximum absolute atomic E-state index is 13.0. The van der Waals surface area contributed by atoms with Gasteiger partial charge in [0.05, 0.1) is 39.1 Å². The van der Waals surface area contributed by atoms with Gasteiger partial charge < -0.3 is 47.4 Å². The molecule has 4 aliphatic rings. The Morgan fingerprint density at radius 2 is 0.745 bits per heavy atom. The van der Waals surface area contributed by atoms with Gasteiger partial charge in [-0.2, -0.15) is 0 Å². The van der Waals surface area contributed by atoms with Gasteiger partial charge in [-0.05, 0) is 260 Å². The van der Waals surface area contributed by atoms with Crippen molar-refractivity contribution in [1.82, 2.24) is 0 Å². The lowest BCUT2D eigenvalue weighted by molar-refractivity contribution is -0.222. The highest BCUT2D eigenvalue weighted by molar-refractivity contribution is 5.85. The van der Waals surface area contributed by atoms with Crippen LogP contribution in [0.1, 0.15) is 352 Å². The highest BCUT2D eigenvalue weighted by Crippen LogP contribution is 2.63. The maximum Gasteiger partial charge on any atom is 0.350 e. The molecule has 598 valence electrons. The Labute approximate surface area is 619 Å². The van der Waals surface area contributed by atoms with Gasteiger partial charge in [-0.3, -0.25) is 33.6 Å². The van der Waals surface area contributed by atoms with Crippen LogP contribution in [0.25, 0.3) is 0 Å². The Balaban J connectivity index is -0.00000120. The molecule has 4 rings (SSSR count). The van der Waals surface area contributed by atoms with Gasteiger partial charge in [0.25, 0.3) is 0 Å². The van der Waals surface area contributed by atoms with Gasteiger partial charge >= 0.3 is 59.7 Å². The summed E-state index contributed by atoms with van der Waals surface area (Å²) >= 11 is 0. The van der Waals surface area contributed by atoms with E-state index in [0.717, 1.165) is 44.9 Å². The molecule has 20 nitrogen and oxygen atoms in total. The zero-order valence-corrected chi connectivity index (χ0v) is 71.6. The van der Waals surface area contributed by atoms with Gasteiger partial charge in [0.15, 0.2) is 13.2 Å². The maximum atomic E-state index is 13.0. The molecular formula is C82H150O20. The van der Waals surface area contributed by atoms with Crippen LogP contribution in [0.3, 0.4) is 0 Å². The monoisotopic (exact) mass is 1460 g/mol. The molecule has 0 aromatic heterocycles. The van der Waals surface area contributed by atoms with Crippen LogP contribution >= 0.6 is 0 Å². The Morgan fingerprint density at radius 3 is 1.10 bits per heavy atom. The molecule has 102 heavy (non-hydrogen) atoms. The summed E-state index contributed by atoms with van der Waals surface area (Å²) in [6, 6.07) is 0. The topological polar surface area (TPSA) is 263 Å². The number of hydrogen-bond donors (Lipinski definition) is 0. The quantitative estimate of drug-likeness (QED) is 0.0383. The third-order valence-corrected chi connectivity index (χ3v) is 21.0. The van der Waals surface area contributed by atoms with Crippen molar-refractivity contribution in [3.63, 3.8) is 0 Å². The van der Waals surface area contributed by atoms with Crippen LogP contribution in [0, 0.1) is 55.7 Å². The first-order valence-electron chi connectivity index (χ1n) is 37.9. The Kier molecular flexibility index (Phi) is 40.0. The summed E-state index contributed by atoms with van der Waals surface area (Å²) in [6.07, 6.45) is 11.2. The lowest BCUT2D eigenvalue weighted by Crippen LogP contribution is -2.61. The van der Waals surface area contributed by atoms with E-state index in [-0.39, 0.29) is 79.4 Å². The van der Waals surface area contributed by atoms with E-state index in [1.54, 1.807) is 55.4 Å². The minimum absolute atomic E-state index is 0.0794. The van der Waals surface area contributed by atoms with Gasteiger partial charge in [-0.1, -0.05) is 96.9 Å². The van der Waals surface area contributed by atoms with Gasteiger partial charge in [0.2, 0.25) is 5.60 Å². The molecule has 4 saturated carbocycles. The van der Waals surface area contributed by atoms with Gasteiger partial charge in [0.1, 0.15) is 33.6 Å². The normalized spacial score (nSPS) is 18.5. The molecular weight excluding hydrogens is 1300 g/mol. The first-order valence-corrected chi connectivity index (χ1v) is 37.9. The zero-order chi connectivity index (χ0) is 81.3. The van der Waals surface area contributed by atoms with Crippen molar-refractivity contribution >= 4 is 59.7 Å². The Hall–Kier alpha value is -5.30. The van der Waals surface area contributed by atoms with Crippen molar-refractivity contribution in [2.75, 3.05) is 19.8 Å². The number of hydrogen-bond acceptors (Lipinski definition) is 20. The molecule has 0 heterocycles. The summed E-state index contributed by atoms with van der Waals surface area (Å²) in [7, 11) is 0. The molecule has 4 aliphatic carbocycles. The minimum Gasteiger partial charge on any atom is -0.465 e. The van der Waals surface area contributed by atoms with Crippen LogP contribution < -0.4 is 0 Å². The third-order valence-electron chi connectivity index (χ3n) is 21.0. The van der Waals surface area contributed by atoms with Crippen molar-refractivity contribution < 1.29 is 95.3 Å². The number of esters is 10. The summed E-state index contributed by atoms with van der Waals surface area (Å²) in [5.74, 6) is -2.18. The van der Waals surface area contributed by atoms with Crippen molar-refractivity contribution in [1.29, 1.82) is 0 Å². The summed E-state index contributed by atoms with van der Waals surface area (Å²) in [4.78, 5) is 120. The van der Waals surface area contributed by atoms with Gasteiger partial charge in [-0.25, -0.2) is 14.4 Å². The van der Waals surface area contributed by atoms with E-state index < -0.39 is 89.6 Å². The first kappa shape index (κ1) is 101. The second kappa shape index (κ2) is 40.4. The Morgan fingerprint density at radius 1 is 0.392 bits per heavy atom. The average Bonchev–Trinajstić information content (AvgIpc) is 0.715. The number of ether oxygens (including phenoxy) is 10. The molecule has 0 amide bonds. The molecule has 0 aliphatic heterocycles. The fraction of sp³-hybridized carbons (Fsp3) is 0.878. The van der Waals surface area contributed by atoms with Crippen molar-refractivity contribution in [3.05, 3.63) is 0 Å². The Bertz CT molecular complexity index is 2670. The molecule has 4 fully saturated rings. The second-order valence-electron chi connectivity index (χ2n) is 36.4. The molecule has 0 N–H and O–H groups in total. The van der Waals surface area contributed by atoms with Crippen LogP contribution in [0.4, 0.5) is 0 Å². The van der Waals surface area contributed by atoms with E-state index in [2.05, 4.69) is 0 Å². The molecule has 20 heteroatoms. The summed E-state index contributed by atoms with van der Waals surface area (Å²) < 4.78 is 53.8. The minimum atomic E-state index is -1.28. The van der Waals surface area contributed by atoms with Gasteiger partial charge in [0, 0.05) is 18.3 Å². The molecule has 0 aromatic rings.